The standard InChI is InChI=1S/C13H18N2O6/c14-8(13(20)21)3-1-2-4-15-12(19)7-5-9(16)11(18)10(17)6-7/h5-6,8,16-18H,1-4,14H2,(H,15,19)(H,20,21)/t8-/m0/s1. The zero-order valence-corrected chi connectivity index (χ0v) is 11.2. The van der Waals surface area contributed by atoms with Crippen molar-refractivity contribution in [2.24, 2.45) is 5.73 Å². The third kappa shape index (κ3) is 4.84. The fraction of sp³-hybridized carbons (Fsp3) is 0.385. The van der Waals surface area contributed by atoms with Crippen molar-refractivity contribution in [2.75, 3.05) is 6.54 Å². The van der Waals surface area contributed by atoms with Gasteiger partial charge in [0, 0.05) is 12.1 Å². The number of carbonyl (C=O) groups is 2. The zero-order chi connectivity index (χ0) is 16.0. The summed E-state index contributed by atoms with van der Waals surface area (Å²) in [6.45, 7) is 0.299. The Labute approximate surface area is 120 Å². The van der Waals surface area contributed by atoms with Gasteiger partial charge in [0.05, 0.1) is 0 Å². The number of unbranched alkanes of at least 4 members (excludes halogenated alkanes) is 1. The van der Waals surface area contributed by atoms with Crippen LogP contribution in [0.1, 0.15) is 29.6 Å². The quantitative estimate of drug-likeness (QED) is 0.308. The first-order chi connectivity index (χ1) is 9.82. The third-order valence-electron chi connectivity index (χ3n) is 2.88. The predicted molar refractivity (Wildman–Crippen MR) is 73.2 cm³/mol. The monoisotopic (exact) mass is 298 g/mol. The van der Waals surface area contributed by atoms with Crippen LogP contribution in [0.4, 0.5) is 0 Å². The Hall–Kier alpha value is -2.48. The van der Waals surface area contributed by atoms with E-state index in [9.17, 15) is 19.8 Å². The topological polar surface area (TPSA) is 153 Å². The van der Waals surface area contributed by atoms with Crippen molar-refractivity contribution in [1.29, 1.82) is 0 Å². The highest BCUT2D eigenvalue weighted by molar-refractivity contribution is 5.95. The number of carboxylic acids is 1. The lowest BCUT2D eigenvalue weighted by molar-refractivity contribution is -0.138. The van der Waals surface area contributed by atoms with E-state index in [-0.39, 0.29) is 5.56 Å². The summed E-state index contributed by atoms with van der Waals surface area (Å²) in [7, 11) is 0. The first-order valence-electron chi connectivity index (χ1n) is 6.34. The lowest BCUT2D eigenvalue weighted by Crippen LogP contribution is -2.30. The van der Waals surface area contributed by atoms with Gasteiger partial charge in [0.2, 0.25) is 0 Å². The molecule has 0 aliphatic rings. The Bertz CT molecular complexity index is 508. The minimum Gasteiger partial charge on any atom is -0.504 e. The van der Waals surface area contributed by atoms with Crippen LogP contribution >= 0.6 is 0 Å². The fourth-order valence-corrected chi connectivity index (χ4v) is 1.65. The Morgan fingerprint density at radius 1 is 1.14 bits per heavy atom. The highest BCUT2D eigenvalue weighted by Gasteiger charge is 2.13. The summed E-state index contributed by atoms with van der Waals surface area (Å²) in [6.07, 6.45) is 1.40. The summed E-state index contributed by atoms with van der Waals surface area (Å²) in [5.74, 6) is -3.45. The number of carboxylic acid groups (broad SMARTS) is 1. The van der Waals surface area contributed by atoms with Gasteiger partial charge in [0.25, 0.3) is 5.91 Å². The average Bonchev–Trinajstić information content (AvgIpc) is 2.43. The molecule has 1 rings (SSSR count). The van der Waals surface area contributed by atoms with Crippen LogP contribution in [0.3, 0.4) is 0 Å². The molecular formula is C13H18N2O6. The van der Waals surface area contributed by atoms with Gasteiger partial charge in [-0.3, -0.25) is 9.59 Å². The molecule has 1 aromatic rings. The smallest absolute Gasteiger partial charge is 0.320 e. The van der Waals surface area contributed by atoms with E-state index < -0.39 is 35.2 Å². The maximum atomic E-state index is 11.7. The van der Waals surface area contributed by atoms with Gasteiger partial charge in [-0.15, -0.1) is 0 Å². The molecule has 1 amide bonds. The van der Waals surface area contributed by atoms with E-state index in [0.717, 1.165) is 12.1 Å². The highest BCUT2D eigenvalue weighted by Crippen LogP contribution is 2.35. The van der Waals surface area contributed by atoms with Crippen molar-refractivity contribution < 1.29 is 30.0 Å². The van der Waals surface area contributed by atoms with Crippen molar-refractivity contribution in [3.8, 4) is 17.2 Å². The van der Waals surface area contributed by atoms with Gasteiger partial charge in [0.1, 0.15) is 6.04 Å². The van der Waals surface area contributed by atoms with E-state index in [0.29, 0.717) is 25.8 Å². The van der Waals surface area contributed by atoms with Crippen LogP contribution < -0.4 is 11.1 Å². The molecule has 21 heavy (non-hydrogen) atoms. The summed E-state index contributed by atoms with van der Waals surface area (Å²) in [5.41, 5.74) is 5.34. The lowest BCUT2D eigenvalue weighted by atomic mass is 10.1. The summed E-state index contributed by atoms with van der Waals surface area (Å²) < 4.78 is 0. The molecule has 0 saturated heterocycles. The number of rotatable bonds is 7. The molecule has 0 fully saturated rings. The van der Waals surface area contributed by atoms with E-state index in [2.05, 4.69) is 5.32 Å². The van der Waals surface area contributed by atoms with Crippen LogP contribution in [-0.4, -0.2) is 44.9 Å². The summed E-state index contributed by atoms with van der Waals surface area (Å²) in [5, 5.41) is 38.9. The molecule has 8 heteroatoms. The second-order valence-corrected chi connectivity index (χ2v) is 4.56. The van der Waals surface area contributed by atoms with Crippen LogP contribution in [0.15, 0.2) is 12.1 Å². The Balaban J connectivity index is 2.40. The number of hydrogen-bond donors (Lipinski definition) is 6. The van der Waals surface area contributed by atoms with Gasteiger partial charge in [-0.2, -0.15) is 0 Å². The molecule has 0 aliphatic heterocycles. The number of carbonyl (C=O) groups excluding carboxylic acids is 1. The molecule has 116 valence electrons. The number of nitrogens with two attached hydrogens (primary N) is 1. The normalized spacial score (nSPS) is 11.9. The second kappa shape index (κ2) is 7.34. The van der Waals surface area contributed by atoms with Crippen molar-refractivity contribution in [3.05, 3.63) is 17.7 Å². The molecule has 1 aromatic carbocycles. The number of phenolic OH excluding ortho intramolecular Hbond substituents is 3. The van der Waals surface area contributed by atoms with Gasteiger partial charge in [0.15, 0.2) is 17.2 Å². The maximum absolute atomic E-state index is 11.7. The van der Waals surface area contributed by atoms with Crippen molar-refractivity contribution in [3.63, 3.8) is 0 Å². The van der Waals surface area contributed by atoms with Gasteiger partial charge in [-0.25, -0.2) is 0 Å². The Morgan fingerprint density at radius 3 is 2.24 bits per heavy atom. The number of aromatic hydroxyl groups is 3. The van der Waals surface area contributed by atoms with Crippen LogP contribution in [0, 0.1) is 0 Å². The van der Waals surface area contributed by atoms with Crippen LogP contribution in [0.2, 0.25) is 0 Å². The molecule has 0 aromatic heterocycles. The van der Waals surface area contributed by atoms with Gasteiger partial charge in [-0.05, 0) is 31.4 Å². The largest absolute Gasteiger partial charge is 0.504 e. The molecule has 0 bridgehead atoms. The number of benzene rings is 1. The minimum atomic E-state index is -1.06. The van der Waals surface area contributed by atoms with E-state index in [1.54, 1.807) is 0 Å². The molecule has 0 radical (unpaired) electrons. The molecule has 0 saturated carbocycles. The Morgan fingerprint density at radius 2 is 1.71 bits per heavy atom. The van der Waals surface area contributed by atoms with Crippen molar-refractivity contribution >= 4 is 11.9 Å². The molecular weight excluding hydrogens is 280 g/mol. The average molecular weight is 298 g/mol. The third-order valence-corrected chi connectivity index (χ3v) is 2.88. The molecule has 1 atom stereocenters. The highest BCUT2D eigenvalue weighted by atomic mass is 16.4. The molecule has 0 heterocycles. The van der Waals surface area contributed by atoms with Crippen LogP contribution in [-0.2, 0) is 4.79 Å². The number of amides is 1. The first kappa shape index (κ1) is 16.6. The molecule has 0 aliphatic carbocycles. The predicted octanol–water partition coefficient (Wildman–Crippen LogP) is 0.115. The number of phenols is 3. The van der Waals surface area contributed by atoms with E-state index in [1.165, 1.54) is 0 Å². The van der Waals surface area contributed by atoms with Crippen LogP contribution in [0.5, 0.6) is 17.2 Å². The van der Waals surface area contributed by atoms with Gasteiger partial charge in [-0.1, -0.05) is 0 Å². The summed E-state index contributed by atoms with van der Waals surface area (Å²) in [4.78, 5) is 22.2. The van der Waals surface area contributed by atoms with E-state index >= 15 is 0 Å². The molecule has 0 unspecified atom stereocenters. The maximum Gasteiger partial charge on any atom is 0.320 e. The number of hydrogen-bond acceptors (Lipinski definition) is 6. The fourth-order valence-electron chi connectivity index (χ4n) is 1.65. The minimum absolute atomic E-state index is 0.00466. The van der Waals surface area contributed by atoms with E-state index in [4.69, 9.17) is 15.9 Å². The van der Waals surface area contributed by atoms with Crippen molar-refractivity contribution in [1.82, 2.24) is 5.32 Å². The van der Waals surface area contributed by atoms with Crippen molar-refractivity contribution in [2.45, 2.75) is 25.3 Å². The van der Waals surface area contributed by atoms with Crippen LogP contribution in [0.25, 0.3) is 0 Å². The second-order valence-electron chi connectivity index (χ2n) is 4.56. The van der Waals surface area contributed by atoms with Gasteiger partial charge < -0.3 is 31.5 Å². The summed E-state index contributed by atoms with van der Waals surface area (Å²) in [6, 6.07) is 1.15. The molecule has 0 spiro atoms. The molecule has 8 nitrogen and oxygen atoms in total. The SMILES string of the molecule is N[C@@H](CCCCNC(=O)c1cc(O)c(O)c(O)c1)C(=O)O. The lowest BCUT2D eigenvalue weighted by Gasteiger charge is -2.08. The Kier molecular flexibility index (Phi) is 5.79. The first-order valence-corrected chi connectivity index (χ1v) is 6.34. The summed E-state index contributed by atoms with van der Waals surface area (Å²) >= 11 is 0. The number of nitrogens with one attached hydrogen (secondary N) is 1. The number of aliphatic carboxylic acids is 1. The van der Waals surface area contributed by atoms with E-state index in [1.807, 2.05) is 0 Å². The zero-order valence-electron chi connectivity index (χ0n) is 11.2. The van der Waals surface area contributed by atoms with Gasteiger partial charge >= 0.3 is 5.97 Å². The molecule has 7 N–H and O–H groups in total.